The lowest BCUT2D eigenvalue weighted by Crippen LogP contribution is -2.47. The molecule has 108 valence electrons. The highest BCUT2D eigenvalue weighted by Gasteiger charge is 2.23. The van der Waals surface area contributed by atoms with Gasteiger partial charge in [-0.15, -0.1) is 0 Å². The van der Waals surface area contributed by atoms with E-state index in [1.54, 1.807) is 9.13 Å². The second-order valence-corrected chi connectivity index (χ2v) is 5.82. The van der Waals surface area contributed by atoms with E-state index >= 15 is 0 Å². The number of nitrogens with zero attached hydrogens (tertiary/aromatic N) is 3. The van der Waals surface area contributed by atoms with Crippen molar-refractivity contribution in [3.63, 3.8) is 0 Å². The van der Waals surface area contributed by atoms with Crippen LogP contribution in [0.15, 0.2) is 17.2 Å². The highest BCUT2D eigenvalue weighted by atomic mass is 16.5. The number of rotatable bonds is 4. The first-order chi connectivity index (χ1) is 8.99. The maximum absolute atomic E-state index is 12.2. The molecule has 1 saturated heterocycles. The number of hydrogen-bond donors (Lipinski definition) is 0. The molecule has 0 aliphatic carbocycles. The first kappa shape index (κ1) is 14.3. The summed E-state index contributed by atoms with van der Waals surface area (Å²) in [5.74, 6) is 0. The van der Waals surface area contributed by atoms with E-state index in [0.29, 0.717) is 12.6 Å². The highest BCUT2D eigenvalue weighted by molar-refractivity contribution is 4.86. The van der Waals surface area contributed by atoms with E-state index in [9.17, 15) is 4.79 Å². The molecular weight excluding hydrogens is 242 g/mol. The average molecular weight is 267 g/mol. The summed E-state index contributed by atoms with van der Waals surface area (Å²) in [7, 11) is 0. The third-order valence-corrected chi connectivity index (χ3v) is 3.73. The molecule has 1 aliphatic heterocycles. The summed E-state index contributed by atoms with van der Waals surface area (Å²) in [6, 6.07) is 0.733. The van der Waals surface area contributed by atoms with E-state index in [4.69, 9.17) is 4.74 Å². The van der Waals surface area contributed by atoms with Crippen molar-refractivity contribution in [1.29, 1.82) is 0 Å². The fourth-order valence-electron chi connectivity index (χ4n) is 2.50. The summed E-state index contributed by atoms with van der Waals surface area (Å²) in [4.78, 5) is 14.6. The van der Waals surface area contributed by atoms with Crippen molar-refractivity contribution in [2.45, 2.75) is 52.4 Å². The van der Waals surface area contributed by atoms with Gasteiger partial charge >= 0.3 is 5.69 Å². The standard InChI is InChI=1S/C14H25N3O2/c1-11(2)15-7-8-19-13(9-15)10-16-5-6-17(12(3)4)14(16)18/h5-6,11-13H,7-10H2,1-4H3. The maximum atomic E-state index is 12.2. The van der Waals surface area contributed by atoms with E-state index in [-0.39, 0.29) is 17.8 Å². The molecule has 0 bridgehead atoms. The molecule has 0 radical (unpaired) electrons. The van der Waals surface area contributed by atoms with Gasteiger partial charge in [0.15, 0.2) is 0 Å². The minimum atomic E-state index is 0.0558. The molecule has 1 aromatic heterocycles. The van der Waals surface area contributed by atoms with Crippen molar-refractivity contribution in [2.24, 2.45) is 0 Å². The van der Waals surface area contributed by atoms with Crippen molar-refractivity contribution in [3.8, 4) is 0 Å². The van der Waals surface area contributed by atoms with E-state index < -0.39 is 0 Å². The molecule has 0 amide bonds. The Balaban J connectivity index is 2.03. The number of hydrogen-bond acceptors (Lipinski definition) is 3. The second kappa shape index (κ2) is 5.92. The normalized spacial score (nSPS) is 21.5. The Kier molecular flexibility index (Phi) is 4.47. The molecule has 1 aromatic rings. The van der Waals surface area contributed by atoms with E-state index in [1.165, 1.54) is 0 Å². The highest BCUT2D eigenvalue weighted by Crippen LogP contribution is 2.10. The fourth-order valence-corrected chi connectivity index (χ4v) is 2.50. The van der Waals surface area contributed by atoms with Crippen molar-refractivity contribution in [3.05, 3.63) is 22.9 Å². The molecule has 19 heavy (non-hydrogen) atoms. The molecule has 0 saturated carbocycles. The molecule has 1 atom stereocenters. The van der Waals surface area contributed by atoms with Gasteiger partial charge in [0.25, 0.3) is 0 Å². The molecule has 1 unspecified atom stereocenters. The first-order valence-corrected chi connectivity index (χ1v) is 7.12. The van der Waals surface area contributed by atoms with Crippen LogP contribution in [0, 0.1) is 0 Å². The van der Waals surface area contributed by atoms with Crippen LogP contribution in [-0.4, -0.2) is 45.9 Å². The molecule has 0 aromatic carbocycles. The van der Waals surface area contributed by atoms with Crippen molar-refractivity contribution in [1.82, 2.24) is 14.0 Å². The monoisotopic (exact) mass is 267 g/mol. The van der Waals surface area contributed by atoms with E-state index in [0.717, 1.165) is 19.7 Å². The van der Waals surface area contributed by atoms with Crippen molar-refractivity contribution >= 4 is 0 Å². The molecule has 2 rings (SSSR count). The van der Waals surface area contributed by atoms with Gasteiger partial charge in [0.2, 0.25) is 0 Å². The summed E-state index contributed by atoms with van der Waals surface area (Å²) in [5, 5.41) is 0. The lowest BCUT2D eigenvalue weighted by Gasteiger charge is -2.35. The average Bonchev–Trinajstić information content (AvgIpc) is 2.71. The van der Waals surface area contributed by atoms with Gasteiger partial charge in [0.05, 0.1) is 19.3 Å². The SMILES string of the molecule is CC(C)N1CCOC(Cn2ccn(C(C)C)c2=O)C1. The molecule has 0 N–H and O–H groups in total. The predicted octanol–water partition coefficient (Wildman–Crippen LogP) is 1.34. The molecular formula is C14H25N3O2. The van der Waals surface area contributed by atoms with Gasteiger partial charge in [0.1, 0.15) is 0 Å². The topological polar surface area (TPSA) is 39.4 Å². The van der Waals surface area contributed by atoms with Crippen LogP contribution in [0.2, 0.25) is 0 Å². The zero-order valence-corrected chi connectivity index (χ0v) is 12.4. The summed E-state index contributed by atoms with van der Waals surface area (Å²) in [5.41, 5.74) is 0.0558. The lowest BCUT2D eigenvalue weighted by molar-refractivity contribution is -0.0460. The molecule has 1 fully saturated rings. The molecule has 0 spiro atoms. The minimum absolute atomic E-state index is 0.0558. The van der Waals surface area contributed by atoms with Crippen LogP contribution in [0.5, 0.6) is 0 Å². The van der Waals surface area contributed by atoms with Crippen LogP contribution in [-0.2, 0) is 11.3 Å². The van der Waals surface area contributed by atoms with Crippen LogP contribution in [0.4, 0.5) is 0 Å². The first-order valence-electron chi connectivity index (χ1n) is 7.12. The summed E-state index contributed by atoms with van der Waals surface area (Å²) >= 11 is 0. The van der Waals surface area contributed by atoms with Crippen LogP contribution in [0.25, 0.3) is 0 Å². The van der Waals surface area contributed by atoms with E-state index in [1.807, 2.05) is 26.2 Å². The van der Waals surface area contributed by atoms with Gasteiger partial charge in [-0.25, -0.2) is 4.79 Å². The Labute approximate surface area is 114 Å². The van der Waals surface area contributed by atoms with Crippen LogP contribution >= 0.6 is 0 Å². The third-order valence-electron chi connectivity index (χ3n) is 3.73. The van der Waals surface area contributed by atoms with Crippen LogP contribution < -0.4 is 5.69 Å². The molecule has 5 nitrogen and oxygen atoms in total. The number of aromatic nitrogens is 2. The Morgan fingerprint density at radius 3 is 2.58 bits per heavy atom. The van der Waals surface area contributed by atoms with Gasteiger partial charge in [-0.05, 0) is 27.7 Å². The number of ether oxygens (including phenoxy) is 1. The van der Waals surface area contributed by atoms with Gasteiger partial charge in [-0.2, -0.15) is 0 Å². The van der Waals surface area contributed by atoms with Gasteiger partial charge < -0.3 is 4.74 Å². The zero-order valence-electron chi connectivity index (χ0n) is 12.4. The zero-order chi connectivity index (χ0) is 14.0. The van der Waals surface area contributed by atoms with Crippen molar-refractivity contribution in [2.75, 3.05) is 19.7 Å². The Morgan fingerprint density at radius 2 is 2.00 bits per heavy atom. The Bertz CT molecular complexity index is 462. The van der Waals surface area contributed by atoms with Crippen LogP contribution in [0.1, 0.15) is 33.7 Å². The Hall–Kier alpha value is -1.07. The minimum Gasteiger partial charge on any atom is -0.374 e. The largest absolute Gasteiger partial charge is 0.374 e. The molecule has 1 aliphatic rings. The predicted molar refractivity (Wildman–Crippen MR) is 75.5 cm³/mol. The Morgan fingerprint density at radius 1 is 1.26 bits per heavy atom. The number of morpholine rings is 1. The van der Waals surface area contributed by atoms with Crippen LogP contribution in [0.3, 0.4) is 0 Å². The lowest BCUT2D eigenvalue weighted by atomic mass is 10.2. The quantitative estimate of drug-likeness (QED) is 0.826. The van der Waals surface area contributed by atoms with E-state index in [2.05, 4.69) is 18.7 Å². The molecule has 5 heteroatoms. The van der Waals surface area contributed by atoms with Gasteiger partial charge in [-0.1, -0.05) is 0 Å². The van der Waals surface area contributed by atoms with Gasteiger partial charge in [-0.3, -0.25) is 14.0 Å². The third kappa shape index (κ3) is 3.28. The second-order valence-electron chi connectivity index (χ2n) is 5.82. The summed E-state index contributed by atoms with van der Waals surface area (Å²) in [6.07, 6.45) is 3.83. The maximum Gasteiger partial charge on any atom is 0.328 e. The van der Waals surface area contributed by atoms with Crippen molar-refractivity contribution < 1.29 is 4.74 Å². The summed E-state index contributed by atoms with van der Waals surface area (Å²) < 4.78 is 9.29. The van der Waals surface area contributed by atoms with Gasteiger partial charge in [0, 0.05) is 37.6 Å². The summed E-state index contributed by atoms with van der Waals surface area (Å²) in [6.45, 7) is 11.7. The number of imidazole rings is 1. The smallest absolute Gasteiger partial charge is 0.328 e. The molecule has 2 heterocycles. The fraction of sp³-hybridized carbons (Fsp3) is 0.786.